The van der Waals surface area contributed by atoms with Crippen molar-refractivity contribution < 1.29 is 4.79 Å². The number of benzene rings is 2. The summed E-state index contributed by atoms with van der Waals surface area (Å²) >= 11 is 0. The highest BCUT2D eigenvalue weighted by atomic mass is 16.1. The van der Waals surface area contributed by atoms with Gasteiger partial charge in [0.15, 0.2) is 0 Å². The van der Waals surface area contributed by atoms with Gasteiger partial charge in [0, 0.05) is 6.20 Å². The molecule has 1 atom stereocenters. The van der Waals surface area contributed by atoms with Gasteiger partial charge >= 0.3 is 0 Å². The van der Waals surface area contributed by atoms with Gasteiger partial charge in [-0.2, -0.15) is 5.10 Å². The lowest BCUT2D eigenvalue weighted by Gasteiger charge is -2.19. The molecular weight excluding hydrogens is 348 g/mol. The van der Waals surface area contributed by atoms with Gasteiger partial charge in [0.1, 0.15) is 0 Å². The Bertz CT molecular complexity index is 1020. The third-order valence-corrected chi connectivity index (χ3v) is 4.65. The van der Waals surface area contributed by atoms with Crippen molar-refractivity contribution in [3.05, 3.63) is 114 Å². The maximum atomic E-state index is 13.1. The standard InChI is InChI=1S/C23H20N4O/c1-17-20(16-25-27(17)19-12-6-3-7-13-19)23(28)26-22(18-10-4-2-5-11-18)21-14-8-9-15-24-21/h2-16,22H,1H3,(H,26,28). The Morgan fingerprint density at radius 3 is 2.29 bits per heavy atom. The minimum Gasteiger partial charge on any atom is -0.339 e. The predicted octanol–water partition coefficient (Wildman–Crippen LogP) is 4.10. The van der Waals surface area contributed by atoms with Crippen LogP contribution in [0.2, 0.25) is 0 Å². The Balaban J connectivity index is 1.65. The van der Waals surface area contributed by atoms with Crippen LogP contribution in [0.1, 0.15) is 33.4 Å². The highest BCUT2D eigenvalue weighted by molar-refractivity contribution is 5.95. The molecule has 1 unspecified atom stereocenters. The van der Waals surface area contributed by atoms with Crippen LogP contribution in [-0.2, 0) is 0 Å². The molecule has 2 heterocycles. The Labute approximate surface area is 163 Å². The summed E-state index contributed by atoms with van der Waals surface area (Å²) < 4.78 is 1.77. The SMILES string of the molecule is Cc1c(C(=O)NC(c2ccccc2)c2ccccn2)cnn1-c1ccccc1. The van der Waals surface area contributed by atoms with Gasteiger partial charge in [0.25, 0.3) is 5.91 Å². The fourth-order valence-corrected chi connectivity index (χ4v) is 3.19. The number of rotatable bonds is 5. The average molecular weight is 368 g/mol. The molecule has 0 bridgehead atoms. The monoisotopic (exact) mass is 368 g/mol. The van der Waals surface area contributed by atoms with Gasteiger partial charge in [-0.05, 0) is 36.8 Å². The van der Waals surface area contributed by atoms with Crippen molar-refractivity contribution in [1.82, 2.24) is 20.1 Å². The average Bonchev–Trinajstić information content (AvgIpc) is 3.15. The molecule has 0 fully saturated rings. The molecule has 28 heavy (non-hydrogen) atoms. The van der Waals surface area contributed by atoms with E-state index in [4.69, 9.17) is 0 Å². The van der Waals surface area contributed by atoms with Gasteiger partial charge in [0.05, 0.1) is 34.9 Å². The van der Waals surface area contributed by atoms with Gasteiger partial charge < -0.3 is 5.32 Å². The van der Waals surface area contributed by atoms with Gasteiger partial charge in [-0.25, -0.2) is 4.68 Å². The quantitative estimate of drug-likeness (QED) is 0.577. The summed E-state index contributed by atoms with van der Waals surface area (Å²) in [5.74, 6) is -0.181. The van der Waals surface area contributed by atoms with Gasteiger partial charge in [0.2, 0.25) is 0 Å². The van der Waals surface area contributed by atoms with Crippen LogP contribution in [0.4, 0.5) is 0 Å². The van der Waals surface area contributed by atoms with Crippen LogP contribution in [0, 0.1) is 6.92 Å². The van der Waals surface area contributed by atoms with E-state index in [-0.39, 0.29) is 11.9 Å². The topological polar surface area (TPSA) is 59.8 Å². The summed E-state index contributed by atoms with van der Waals surface area (Å²) in [4.78, 5) is 17.5. The van der Waals surface area contributed by atoms with E-state index in [1.54, 1.807) is 17.1 Å². The van der Waals surface area contributed by atoms with Crippen LogP contribution in [-0.4, -0.2) is 20.7 Å². The number of para-hydroxylation sites is 1. The van der Waals surface area contributed by atoms with Crippen LogP contribution >= 0.6 is 0 Å². The van der Waals surface area contributed by atoms with Crippen LogP contribution < -0.4 is 5.32 Å². The first-order valence-electron chi connectivity index (χ1n) is 9.11. The Hall–Kier alpha value is -3.73. The van der Waals surface area contributed by atoms with Gasteiger partial charge in [-0.3, -0.25) is 9.78 Å². The normalized spacial score (nSPS) is 11.8. The largest absolute Gasteiger partial charge is 0.339 e. The number of carbonyl (C=O) groups is 1. The molecule has 5 nitrogen and oxygen atoms in total. The zero-order chi connectivity index (χ0) is 19.3. The minimum atomic E-state index is -0.339. The molecule has 0 saturated heterocycles. The molecule has 0 spiro atoms. The number of hydrogen-bond donors (Lipinski definition) is 1. The molecule has 5 heteroatoms. The van der Waals surface area contributed by atoms with Crippen LogP contribution in [0.25, 0.3) is 5.69 Å². The van der Waals surface area contributed by atoms with Crippen molar-refractivity contribution in [3.63, 3.8) is 0 Å². The highest BCUT2D eigenvalue weighted by Crippen LogP contribution is 2.21. The molecule has 4 rings (SSSR count). The first kappa shape index (κ1) is 17.7. The second-order valence-corrected chi connectivity index (χ2v) is 6.46. The summed E-state index contributed by atoms with van der Waals surface area (Å²) in [5, 5.41) is 7.52. The van der Waals surface area contributed by atoms with E-state index in [1.165, 1.54) is 0 Å². The lowest BCUT2D eigenvalue weighted by atomic mass is 10.0. The molecule has 0 aliphatic rings. The number of hydrogen-bond acceptors (Lipinski definition) is 3. The summed E-state index contributed by atoms with van der Waals surface area (Å²) in [6.45, 7) is 1.90. The number of carbonyl (C=O) groups excluding carboxylic acids is 1. The fourth-order valence-electron chi connectivity index (χ4n) is 3.19. The van der Waals surface area contributed by atoms with Crippen LogP contribution in [0.3, 0.4) is 0 Å². The maximum absolute atomic E-state index is 13.1. The van der Waals surface area contributed by atoms with E-state index in [1.807, 2.05) is 85.8 Å². The number of nitrogens with zero attached hydrogens (tertiary/aromatic N) is 3. The fraction of sp³-hybridized carbons (Fsp3) is 0.0870. The van der Waals surface area contributed by atoms with E-state index in [2.05, 4.69) is 15.4 Å². The molecule has 4 aromatic rings. The number of nitrogens with one attached hydrogen (secondary N) is 1. The van der Waals surface area contributed by atoms with Crippen molar-refractivity contribution in [2.75, 3.05) is 0 Å². The zero-order valence-corrected chi connectivity index (χ0v) is 15.5. The van der Waals surface area contributed by atoms with E-state index in [0.29, 0.717) is 5.56 Å². The molecule has 0 aliphatic carbocycles. The molecule has 0 aliphatic heterocycles. The molecular formula is C23H20N4O. The third-order valence-electron chi connectivity index (χ3n) is 4.65. The molecule has 2 aromatic heterocycles. The smallest absolute Gasteiger partial charge is 0.255 e. The van der Waals surface area contributed by atoms with Crippen molar-refractivity contribution in [1.29, 1.82) is 0 Å². The lowest BCUT2D eigenvalue weighted by molar-refractivity contribution is 0.0941. The molecule has 0 radical (unpaired) electrons. The number of pyridine rings is 1. The maximum Gasteiger partial charge on any atom is 0.255 e. The summed E-state index contributed by atoms with van der Waals surface area (Å²) in [7, 11) is 0. The minimum absolute atomic E-state index is 0.181. The Kier molecular flexibility index (Phi) is 4.97. The van der Waals surface area contributed by atoms with E-state index < -0.39 is 0 Å². The number of aromatic nitrogens is 3. The Morgan fingerprint density at radius 1 is 0.929 bits per heavy atom. The lowest BCUT2D eigenvalue weighted by Crippen LogP contribution is -2.30. The summed E-state index contributed by atoms with van der Waals surface area (Å²) in [5.41, 5.74) is 4.01. The first-order valence-corrected chi connectivity index (χ1v) is 9.11. The van der Waals surface area contributed by atoms with E-state index >= 15 is 0 Å². The van der Waals surface area contributed by atoms with Crippen LogP contribution in [0.5, 0.6) is 0 Å². The summed E-state index contributed by atoms with van der Waals surface area (Å²) in [6, 6.07) is 25.0. The van der Waals surface area contributed by atoms with Gasteiger partial charge in [-0.1, -0.05) is 54.6 Å². The first-order chi connectivity index (χ1) is 13.7. The van der Waals surface area contributed by atoms with Crippen molar-refractivity contribution in [2.24, 2.45) is 0 Å². The van der Waals surface area contributed by atoms with Crippen molar-refractivity contribution in [2.45, 2.75) is 13.0 Å². The van der Waals surface area contributed by atoms with Gasteiger partial charge in [-0.15, -0.1) is 0 Å². The third kappa shape index (κ3) is 3.55. The Morgan fingerprint density at radius 2 is 1.61 bits per heavy atom. The van der Waals surface area contributed by atoms with Crippen molar-refractivity contribution in [3.8, 4) is 5.69 Å². The number of amides is 1. The van der Waals surface area contributed by atoms with Crippen LogP contribution in [0.15, 0.2) is 91.3 Å². The van der Waals surface area contributed by atoms with E-state index in [0.717, 1.165) is 22.6 Å². The second-order valence-electron chi connectivity index (χ2n) is 6.46. The van der Waals surface area contributed by atoms with E-state index in [9.17, 15) is 4.79 Å². The molecule has 1 N–H and O–H groups in total. The predicted molar refractivity (Wildman–Crippen MR) is 108 cm³/mol. The zero-order valence-electron chi connectivity index (χ0n) is 15.5. The molecule has 2 aromatic carbocycles. The molecule has 0 saturated carbocycles. The molecule has 1 amide bonds. The highest BCUT2D eigenvalue weighted by Gasteiger charge is 2.21. The van der Waals surface area contributed by atoms with Crippen molar-refractivity contribution >= 4 is 5.91 Å². The molecule has 138 valence electrons. The second kappa shape index (κ2) is 7.88. The summed E-state index contributed by atoms with van der Waals surface area (Å²) in [6.07, 6.45) is 3.34.